The van der Waals surface area contributed by atoms with E-state index < -0.39 is 10.0 Å². The maximum absolute atomic E-state index is 12.9. The Kier molecular flexibility index (Phi) is 3.77. The molecule has 0 fully saturated rings. The lowest BCUT2D eigenvalue weighted by Crippen LogP contribution is -2.35. The Balaban J connectivity index is 1.68. The molecule has 1 aromatic heterocycles. The van der Waals surface area contributed by atoms with Crippen LogP contribution >= 0.6 is 0 Å². The summed E-state index contributed by atoms with van der Waals surface area (Å²) in [4.78, 5) is 3.46. The molecule has 0 saturated carbocycles. The molecule has 25 heavy (non-hydrogen) atoms. The average molecular weight is 358 g/mol. The first kappa shape index (κ1) is 16.1. The Morgan fingerprint density at radius 2 is 1.84 bits per heavy atom. The standard InChI is InChI=1S/C17H16N3O4S/c21-20(22)12-5-7-13(8-6-12)25(23,24)19-10-9-17-15(11-19)14-3-1-2-4-16(14)18-17/h1-8,18,21H,9-11H2/q-1. The van der Waals surface area contributed by atoms with Crippen LogP contribution in [-0.2, 0) is 23.0 Å². The highest BCUT2D eigenvalue weighted by Crippen LogP contribution is 2.30. The summed E-state index contributed by atoms with van der Waals surface area (Å²) in [7, 11) is -3.68. The van der Waals surface area contributed by atoms with E-state index in [1.54, 1.807) is 0 Å². The fourth-order valence-corrected chi connectivity index (χ4v) is 4.65. The van der Waals surface area contributed by atoms with Crippen molar-refractivity contribution in [2.45, 2.75) is 17.9 Å². The molecule has 0 amide bonds. The van der Waals surface area contributed by atoms with Gasteiger partial charge in [0.1, 0.15) is 0 Å². The van der Waals surface area contributed by atoms with E-state index in [1.807, 2.05) is 24.3 Å². The largest absolute Gasteiger partial charge is 0.733 e. The number of sulfonamides is 1. The first-order chi connectivity index (χ1) is 12.0. The third-order valence-electron chi connectivity index (χ3n) is 4.54. The summed E-state index contributed by atoms with van der Waals surface area (Å²) in [5.41, 5.74) is 3.07. The molecule has 2 aromatic carbocycles. The second kappa shape index (κ2) is 5.85. The number of rotatable bonds is 3. The fourth-order valence-electron chi connectivity index (χ4n) is 3.24. The molecule has 3 aromatic rings. The number of nitrogens with one attached hydrogen (secondary N) is 1. The topological polar surface area (TPSA) is 99.7 Å². The van der Waals surface area contributed by atoms with Gasteiger partial charge in [0.25, 0.3) is 0 Å². The smallest absolute Gasteiger partial charge is 0.243 e. The van der Waals surface area contributed by atoms with Crippen LogP contribution in [0.1, 0.15) is 11.3 Å². The summed E-state index contributed by atoms with van der Waals surface area (Å²) in [6, 6.07) is 13.1. The van der Waals surface area contributed by atoms with E-state index in [0.29, 0.717) is 19.5 Å². The molecule has 0 bridgehead atoms. The van der Waals surface area contributed by atoms with Crippen molar-refractivity contribution in [1.29, 1.82) is 0 Å². The molecule has 2 heterocycles. The highest BCUT2D eigenvalue weighted by molar-refractivity contribution is 7.89. The van der Waals surface area contributed by atoms with E-state index in [4.69, 9.17) is 5.21 Å². The molecule has 0 spiro atoms. The van der Waals surface area contributed by atoms with Gasteiger partial charge < -0.3 is 15.4 Å². The number of H-pyrrole nitrogens is 1. The number of nitrogens with zero attached hydrogens (tertiary/aromatic N) is 2. The van der Waals surface area contributed by atoms with Crippen LogP contribution in [0.3, 0.4) is 0 Å². The van der Waals surface area contributed by atoms with E-state index in [2.05, 4.69) is 4.98 Å². The minimum absolute atomic E-state index is 0.0171. The predicted octanol–water partition coefficient (Wildman–Crippen LogP) is 2.61. The highest BCUT2D eigenvalue weighted by atomic mass is 32.2. The zero-order valence-electron chi connectivity index (χ0n) is 13.2. The lowest BCUT2D eigenvalue weighted by molar-refractivity contribution is 0.296. The molecular formula is C17H16N3O4S-. The molecular weight excluding hydrogens is 342 g/mol. The van der Waals surface area contributed by atoms with Crippen LogP contribution in [-0.4, -0.2) is 29.5 Å². The van der Waals surface area contributed by atoms with Crippen LogP contribution in [0, 0.1) is 5.21 Å². The molecule has 0 saturated heterocycles. The minimum atomic E-state index is -3.68. The van der Waals surface area contributed by atoms with Crippen LogP contribution < -0.4 is 5.23 Å². The number of hydrogen-bond acceptors (Lipinski definition) is 5. The third kappa shape index (κ3) is 2.69. The number of anilines is 1. The molecule has 1 aliphatic heterocycles. The fraction of sp³-hybridized carbons (Fsp3) is 0.176. The van der Waals surface area contributed by atoms with Crippen molar-refractivity contribution in [2.24, 2.45) is 0 Å². The molecule has 0 atom stereocenters. The molecule has 0 aliphatic carbocycles. The van der Waals surface area contributed by atoms with Crippen LogP contribution in [0.4, 0.5) is 5.69 Å². The Hall–Kier alpha value is -2.39. The van der Waals surface area contributed by atoms with Crippen molar-refractivity contribution in [3.8, 4) is 0 Å². The van der Waals surface area contributed by atoms with Gasteiger partial charge in [-0.15, -0.1) is 0 Å². The molecule has 0 unspecified atom stereocenters. The van der Waals surface area contributed by atoms with Crippen molar-refractivity contribution in [2.75, 3.05) is 11.8 Å². The number of fused-ring (bicyclic) bond motifs is 3. The van der Waals surface area contributed by atoms with Gasteiger partial charge in [-0.05, 0) is 35.9 Å². The van der Waals surface area contributed by atoms with Crippen LogP contribution in [0.2, 0.25) is 0 Å². The Morgan fingerprint density at radius 3 is 2.56 bits per heavy atom. The number of aromatic nitrogens is 1. The molecule has 7 nitrogen and oxygen atoms in total. The Morgan fingerprint density at radius 1 is 1.12 bits per heavy atom. The predicted molar refractivity (Wildman–Crippen MR) is 93.7 cm³/mol. The summed E-state index contributed by atoms with van der Waals surface area (Å²) in [5.74, 6) is 0. The van der Waals surface area contributed by atoms with E-state index >= 15 is 0 Å². The van der Waals surface area contributed by atoms with Gasteiger partial charge in [0.15, 0.2) is 0 Å². The van der Waals surface area contributed by atoms with E-state index in [1.165, 1.54) is 28.6 Å². The number of aromatic amines is 1. The van der Waals surface area contributed by atoms with Gasteiger partial charge in [0.2, 0.25) is 10.0 Å². The van der Waals surface area contributed by atoms with Crippen molar-refractivity contribution >= 4 is 26.6 Å². The monoisotopic (exact) mass is 358 g/mol. The zero-order valence-corrected chi connectivity index (χ0v) is 14.0. The molecule has 130 valence electrons. The van der Waals surface area contributed by atoms with Crippen molar-refractivity contribution in [1.82, 2.24) is 9.29 Å². The summed E-state index contributed by atoms with van der Waals surface area (Å²) >= 11 is 0. The molecule has 0 radical (unpaired) electrons. The lowest BCUT2D eigenvalue weighted by Gasteiger charge is -2.27. The van der Waals surface area contributed by atoms with Gasteiger partial charge in [0.05, 0.1) is 10.6 Å². The van der Waals surface area contributed by atoms with Crippen molar-refractivity contribution in [3.05, 3.63) is 65.0 Å². The Bertz CT molecular complexity index is 1030. The van der Waals surface area contributed by atoms with Crippen molar-refractivity contribution < 1.29 is 13.6 Å². The molecule has 1 aliphatic rings. The number of hydrogen-bond donors (Lipinski definition) is 2. The lowest BCUT2D eigenvalue weighted by atomic mass is 10.1. The SMILES string of the molecule is O=S(=O)(c1ccc(N([O-])O)cc1)N1CCc2[nH]c3ccccc3c2C1. The normalized spacial score (nSPS) is 15.3. The van der Waals surface area contributed by atoms with E-state index in [-0.39, 0.29) is 15.8 Å². The van der Waals surface area contributed by atoms with E-state index in [0.717, 1.165) is 22.2 Å². The second-order valence-electron chi connectivity index (χ2n) is 5.98. The third-order valence-corrected chi connectivity index (χ3v) is 6.40. The molecule has 2 N–H and O–H groups in total. The number of para-hydroxylation sites is 1. The second-order valence-corrected chi connectivity index (χ2v) is 7.92. The first-order valence-corrected chi connectivity index (χ1v) is 9.25. The van der Waals surface area contributed by atoms with Crippen LogP contribution in [0.25, 0.3) is 10.9 Å². The summed E-state index contributed by atoms with van der Waals surface area (Å²) in [5, 5.41) is 20.5. The van der Waals surface area contributed by atoms with E-state index in [9.17, 15) is 13.6 Å². The van der Waals surface area contributed by atoms with Gasteiger partial charge >= 0.3 is 0 Å². The summed E-state index contributed by atoms with van der Waals surface area (Å²) < 4.78 is 27.2. The summed E-state index contributed by atoms with van der Waals surface area (Å²) in [6.45, 7) is 0.689. The maximum Gasteiger partial charge on any atom is 0.243 e. The number of benzene rings is 2. The minimum Gasteiger partial charge on any atom is -0.733 e. The van der Waals surface area contributed by atoms with Crippen molar-refractivity contribution in [3.63, 3.8) is 0 Å². The molecule has 8 heteroatoms. The highest BCUT2D eigenvalue weighted by Gasteiger charge is 2.30. The Labute approximate surface area is 144 Å². The van der Waals surface area contributed by atoms with Gasteiger partial charge in [-0.3, -0.25) is 5.21 Å². The van der Waals surface area contributed by atoms with Gasteiger partial charge in [-0.1, -0.05) is 18.2 Å². The molecule has 4 rings (SSSR count). The van der Waals surface area contributed by atoms with Crippen LogP contribution in [0.5, 0.6) is 0 Å². The van der Waals surface area contributed by atoms with Gasteiger partial charge in [0, 0.05) is 36.1 Å². The maximum atomic E-state index is 12.9. The zero-order chi connectivity index (χ0) is 17.6. The van der Waals surface area contributed by atoms with Crippen LogP contribution in [0.15, 0.2) is 53.4 Å². The van der Waals surface area contributed by atoms with Gasteiger partial charge in [-0.25, -0.2) is 8.42 Å². The quantitative estimate of drug-likeness (QED) is 0.701. The average Bonchev–Trinajstić information content (AvgIpc) is 2.99. The van der Waals surface area contributed by atoms with Gasteiger partial charge in [-0.2, -0.15) is 4.31 Å². The first-order valence-electron chi connectivity index (χ1n) is 7.81. The summed E-state index contributed by atoms with van der Waals surface area (Å²) in [6.07, 6.45) is 0.617.